The van der Waals surface area contributed by atoms with Crippen LogP contribution in [0.1, 0.15) is 19.8 Å². The SMILES string of the molecule is CC1CCC(CNS(=O)(=O)CCS(C)(=O)=O)CN1. The van der Waals surface area contributed by atoms with Crippen molar-refractivity contribution in [1.29, 1.82) is 0 Å². The minimum absolute atomic E-state index is 0.286. The van der Waals surface area contributed by atoms with Crippen LogP contribution in [0.5, 0.6) is 0 Å². The summed E-state index contributed by atoms with van der Waals surface area (Å²) in [5.74, 6) is -0.404. The van der Waals surface area contributed by atoms with E-state index in [1.54, 1.807) is 0 Å². The summed E-state index contributed by atoms with van der Waals surface area (Å²) in [6.07, 6.45) is 3.06. The number of nitrogens with one attached hydrogen (secondary N) is 2. The molecule has 0 saturated carbocycles. The van der Waals surface area contributed by atoms with Crippen molar-refractivity contribution in [2.45, 2.75) is 25.8 Å². The van der Waals surface area contributed by atoms with Gasteiger partial charge in [-0.3, -0.25) is 0 Å². The predicted molar refractivity (Wildman–Crippen MR) is 71.7 cm³/mol. The van der Waals surface area contributed by atoms with Crippen LogP contribution in [0.4, 0.5) is 0 Å². The van der Waals surface area contributed by atoms with Gasteiger partial charge in [-0.25, -0.2) is 21.6 Å². The van der Waals surface area contributed by atoms with E-state index in [0.29, 0.717) is 12.6 Å². The van der Waals surface area contributed by atoms with Crippen LogP contribution in [0.2, 0.25) is 0 Å². The van der Waals surface area contributed by atoms with Gasteiger partial charge in [0, 0.05) is 18.8 Å². The van der Waals surface area contributed by atoms with Gasteiger partial charge in [0.25, 0.3) is 0 Å². The maximum absolute atomic E-state index is 11.6. The van der Waals surface area contributed by atoms with Crippen molar-refractivity contribution in [1.82, 2.24) is 10.0 Å². The molecule has 0 aromatic heterocycles. The van der Waals surface area contributed by atoms with Gasteiger partial charge in [0.1, 0.15) is 9.84 Å². The highest BCUT2D eigenvalue weighted by Gasteiger charge is 2.20. The van der Waals surface area contributed by atoms with Crippen LogP contribution in [0, 0.1) is 5.92 Å². The summed E-state index contributed by atoms with van der Waals surface area (Å²) in [6.45, 7) is 3.29. The Morgan fingerprint density at radius 2 is 1.83 bits per heavy atom. The molecule has 0 aliphatic carbocycles. The molecule has 2 atom stereocenters. The molecule has 0 aromatic carbocycles. The van der Waals surface area contributed by atoms with Crippen molar-refractivity contribution in [2.24, 2.45) is 5.92 Å². The quantitative estimate of drug-likeness (QED) is 0.679. The van der Waals surface area contributed by atoms with Crippen LogP contribution >= 0.6 is 0 Å². The van der Waals surface area contributed by atoms with Crippen LogP contribution in [0.3, 0.4) is 0 Å². The smallest absolute Gasteiger partial charge is 0.212 e. The first-order valence-corrected chi connectivity index (χ1v) is 9.78. The second kappa shape index (κ2) is 6.31. The fourth-order valence-electron chi connectivity index (χ4n) is 1.81. The van der Waals surface area contributed by atoms with Gasteiger partial charge in [0.2, 0.25) is 10.0 Å². The molecule has 1 saturated heterocycles. The zero-order chi connectivity index (χ0) is 13.8. The third-order valence-corrected chi connectivity index (χ3v) is 5.63. The molecule has 1 rings (SSSR count). The fraction of sp³-hybridized carbons (Fsp3) is 1.00. The van der Waals surface area contributed by atoms with E-state index < -0.39 is 19.9 Å². The van der Waals surface area contributed by atoms with E-state index in [4.69, 9.17) is 0 Å². The van der Waals surface area contributed by atoms with Crippen LogP contribution in [0.25, 0.3) is 0 Å². The van der Waals surface area contributed by atoms with E-state index in [-0.39, 0.29) is 17.4 Å². The van der Waals surface area contributed by atoms with Gasteiger partial charge < -0.3 is 5.32 Å². The van der Waals surface area contributed by atoms with E-state index in [9.17, 15) is 16.8 Å². The minimum Gasteiger partial charge on any atom is -0.314 e. The molecule has 0 amide bonds. The van der Waals surface area contributed by atoms with Crippen LogP contribution in [-0.4, -0.2) is 53.7 Å². The molecule has 2 N–H and O–H groups in total. The molecule has 1 aliphatic heterocycles. The summed E-state index contributed by atoms with van der Waals surface area (Å²) in [5.41, 5.74) is 0. The predicted octanol–water partition coefficient (Wildman–Crippen LogP) is -0.661. The van der Waals surface area contributed by atoms with Crippen LogP contribution < -0.4 is 10.0 Å². The summed E-state index contributed by atoms with van der Waals surface area (Å²) in [7, 11) is -6.72. The molecule has 18 heavy (non-hydrogen) atoms. The molecule has 8 heteroatoms. The Kier molecular flexibility index (Phi) is 5.57. The van der Waals surface area contributed by atoms with Gasteiger partial charge in [-0.15, -0.1) is 0 Å². The standard InChI is InChI=1S/C10H22N2O4S2/c1-9-3-4-10(7-11-9)8-12-18(15,16)6-5-17(2,13)14/h9-12H,3-8H2,1-2H3. The van der Waals surface area contributed by atoms with Crippen molar-refractivity contribution in [3.8, 4) is 0 Å². The number of rotatable bonds is 6. The van der Waals surface area contributed by atoms with Crippen LogP contribution in [-0.2, 0) is 19.9 Å². The van der Waals surface area contributed by atoms with Gasteiger partial charge in [-0.2, -0.15) is 0 Å². The van der Waals surface area contributed by atoms with Gasteiger partial charge >= 0.3 is 0 Å². The zero-order valence-electron chi connectivity index (χ0n) is 10.8. The Morgan fingerprint density at radius 3 is 2.33 bits per heavy atom. The Bertz CT molecular complexity index is 450. The Hall–Kier alpha value is -0.180. The third kappa shape index (κ3) is 6.67. The lowest BCUT2D eigenvalue weighted by atomic mass is 9.96. The lowest BCUT2D eigenvalue weighted by molar-refractivity contribution is 0.323. The lowest BCUT2D eigenvalue weighted by Crippen LogP contribution is -2.42. The Morgan fingerprint density at radius 1 is 1.17 bits per heavy atom. The molecule has 1 aliphatic rings. The second-order valence-electron chi connectivity index (χ2n) is 5.05. The number of piperidine rings is 1. The number of hydrogen-bond donors (Lipinski definition) is 2. The molecule has 0 radical (unpaired) electrons. The summed E-state index contributed by atoms with van der Waals surface area (Å²) >= 11 is 0. The number of sulfone groups is 1. The first-order chi connectivity index (χ1) is 8.18. The first kappa shape index (κ1) is 15.9. The minimum atomic E-state index is -3.48. The molecule has 2 unspecified atom stereocenters. The summed E-state index contributed by atoms with van der Waals surface area (Å²) in [4.78, 5) is 0. The third-order valence-electron chi connectivity index (χ3n) is 3.08. The summed E-state index contributed by atoms with van der Waals surface area (Å²) in [5, 5.41) is 3.29. The van der Waals surface area contributed by atoms with Crippen molar-refractivity contribution >= 4 is 19.9 Å². The van der Waals surface area contributed by atoms with E-state index in [1.807, 2.05) is 0 Å². The van der Waals surface area contributed by atoms with E-state index in [0.717, 1.165) is 25.6 Å². The van der Waals surface area contributed by atoms with Gasteiger partial charge in [0.15, 0.2) is 0 Å². The molecule has 1 heterocycles. The molecule has 6 nitrogen and oxygen atoms in total. The van der Waals surface area contributed by atoms with Gasteiger partial charge in [-0.1, -0.05) is 0 Å². The maximum Gasteiger partial charge on any atom is 0.212 e. The Labute approximate surface area is 110 Å². The molecular formula is C10H22N2O4S2. The lowest BCUT2D eigenvalue weighted by Gasteiger charge is -2.27. The molecule has 0 bridgehead atoms. The highest BCUT2D eigenvalue weighted by molar-refractivity contribution is 7.93. The van der Waals surface area contributed by atoms with E-state index in [2.05, 4.69) is 17.0 Å². The normalized spacial score (nSPS) is 26.1. The van der Waals surface area contributed by atoms with Crippen molar-refractivity contribution < 1.29 is 16.8 Å². The monoisotopic (exact) mass is 298 g/mol. The highest BCUT2D eigenvalue weighted by atomic mass is 32.2. The Balaban J connectivity index is 2.33. The summed E-state index contributed by atoms with van der Waals surface area (Å²) in [6, 6.07) is 0.489. The van der Waals surface area contributed by atoms with E-state index >= 15 is 0 Å². The average molecular weight is 298 g/mol. The summed E-state index contributed by atoms with van der Waals surface area (Å²) < 4.78 is 47.5. The highest BCUT2D eigenvalue weighted by Crippen LogP contribution is 2.13. The van der Waals surface area contributed by atoms with Gasteiger partial charge in [-0.05, 0) is 32.2 Å². The largest absolute Gasteiger partial charge is 0.314 e. The van der Waals surface area contributed by atoms with Crippen molar-refractivity contribution in [3.63, 3.8) is 0 Å². The second-order valence-corrected chi connectivity index (χ2v) is 9.24. The van der Waals surface area contributed by atoms with E-state index in [1.165, 1.54) is 0 Å². The average Bonchev–Trinajstić information content (AvgIpc) is 2.25. The molecule has 1 fully saturated rings. The van der Waals surface area contributed by atoms with Crippen molar-refractivity contribution in [3.05, 3.63) is 0 Å². The molecule has 108 valence electrons. The number of hydrogen-bond acceptors (Lipinski definition) is 5. The molecule has 0 spiro atoms. The fourth-order valence-corrected chi connectivity index (χ4v) is 4.53. The zero-order valence-corrected chi connectivity index (χ0v) is 12.5. The first-order valence-electron chi connectivity index (χ1n) is 6.06. The topological polar surface area (TPSA) is 92.3 Å². The maximum atomic E-state index is 11.6. The molecular weight excluding hydrogens is 276 g/mol. The number of sulfonamides is 1. The van der Waals surface area contributed by atoms with Crippen LogP contribution in [0.15, 0.2) is 0 Å². The van der Waals surface area contributed by atoms with Crippen molar-refractivity contribution in [2.75, 3.05) is 30.9 Å². The molecule has 0 aromatic rings. The van der Waals surface area contributed by atoms with Gasteiger partial charge in [0.05, 0.1) is 11.5 Å².